The standard InChI is InChI=1S/C15H17FN2O2/c1-15(2,20-13-5-3-12(16)4-6-13)14(19)18-10-11-7-8-17-9-11/h3-9,17H,10H2,1-2H3,(H,18,19). The van der Waals surface area contributed by atoms with E-state index in [-0.39, 0.29) is 11.7 Å². The maximum atomic E-state index is 12.8. The molecule has 0 saturated heterocycles. The Morgan fingerprint density at radius 3 is 2.60 bits per heavy atom. The molecule has 2 N–H and O–H groups in total. The lowest BCUT2D eigenvalue weighted by molar-refractivity contribution is -0.134. The van der Waals surface area contributed by atoms with Crippen molar-refractivity contribution in [3.05, 3.63) is 54.1 Å². The van der Waals surface area contributed by atoms with E-state index in [9.17, 15) is 9.18 Å². The van der Waals surface area contributed by atoms with E-state index in [4.69, 9.17) is 4.74 Å². The summed E-state index contributed by atoms with van der Waals surface area (Å²) in [6.45, 7) is 3.77. The van der Waals surface area contributed by atoms with Gasteiger partial charge in [0, 0.05) is 18.9 Å². The zero-order valence-corrected chi connectivity index (χ0v) is 11.4. The molecule has 0 unspecified atom stereocenters. The van der Waals surface area contributed by atoms with Crippen LogP contribution in [0.4, 0.5) is 4.39 Å². The maximum Gasteiger partial charge on any atom is 0.263 e. The molecule has 0 fully saturated rings. The van der Waals surface area contributed by atoms with E-state index < -0.39 is 5.60 Å². The summed E-state index contributed by atoms with van der Waals surface area (Å²) >= 11 is 0. The molecule has 0 bridgehead atoms. The molecule has 0 atom stereocenters. The highest BCUT2D eigenvalue weighted by atomic mass is 19.1. The number of halogens is 1. The Labute approximate surface area is 117 Å². The number of carbonyl (C=O) groups is 1. The van der Waals surface area contributed by atoms with Crippen molar-refractivity contribution >= 4 is 5.91 Å². The van der Waals surface area contributed by atoms with Gasteiger partial charge < -0.3 is 15.0 Å². The molecule has 106 valence electrons. The van der Waals surface area contributed by atoms with E-state index in [1.165, 1.54) is 24.3 Å². The minimum Gasteiger partial charge on any atom is -0.478 e. The van der Waals surface area contributed by atoms with E-state index in [1.807, 2.05) is 12.3 Å². The van der Waals surface area contributed by atoms with Crippen LogP contribution in [0.3, 0.4) is 0 Å². The van der Waals surface area contributed by atoms with Crippen LogP contribution in [0.5, 0.6) is 5.75 Å². The minimum absolute atomic E-state index is 0.233. The Hall–Kier alpha value is -2.30. The van der Waals surface area contributed by atoms with Gasteiger partial charge >= 0.3 is 0 Å². The predicted octanol–water partition coefficient (Wildman–Crippen LogP) is 2.63. The van der Waals surface area contributed by atoms with Gasteiger partial charge in [-0.25, -0.2) is 4.39 Å². The molecule has 1 aromatic heterocycles. The second kappa shape index (κ2) is 5.77. The first kappa shape index (κ1) is 14.1. The summed E-state index contributed by atoms with van der Waals surface area (Å²) < 4.78 is 18.4. The van der Waals surface area contributed by atoms with Crippen LogP contribution in [-0.2, 0) is 11.3 Å². The van der Waals surface area contributed by atoms with E-state index >= 15 is 0 Å². The Bertz CT molecular complexity index is 562. The number of hydrogen-bond acceptors (Lipinski definition) is 2. The molecule has 20 heavy (non-hydrogen) atoms. The summed E-state index contributed by atoms with van der Waals surface area (Å²) in [4.78, 5) is 15.0. The number of H-pyrrole nitrogens is 1. The van der Waals surface area contributed by atoms with Crippen molar-refractivity contribution in [2.24, 2.45) is 0 Å². The molecule has 2 rings (SSSR count). The monoisotopic (exact) mass is 276 g/mol. The van der Waals surface area contributed by atoms with Crippen molar-refractivity contribution in [2.45, 2.75) is 26.0 Å². The van der Waals surface area contributed by atoms with Crippen LogP contribution in [0, 0.1) is 5.82 Å². The number of nitrogens with one attached hydrogen (secondary N) is 2. The second-order valence-electron chi connectivity index (χ2n) is 4.97. The SMILES string of the molecule is CC(C)(Oc1ccc(F)cc1)C(=O)NCc1cc[nH]c1. The summed E-state index contributed by atoms with van der Waals surface area (Å²) in [6, 6.07) is 7.47. The average Bonchev–Trinajstić information content (AvgIpc) is 2.91. The summed E-state index contributed by atoms with van der Waals surface area (Å²) in [5.41, 5.74) is -0.0512. The number of aromatic nitrogens is 1. The molecule has 0 saturated carbocycles. The maximum absolute atomic E-state index is 12.8. The molecule has 0 aliphatic carbocycles. The lowest BCUT2D eigenvalue weighted by Crippen LogP contribution is -2.46. The fraction of sp³-hybridized carbons (Fsp3) is 0.267. The van der Waals surface area contributed by atoms with Gasteiger partial charge in [-0.05, 0) is 49.7 Å². The molecule has 0 radical (unpaired) electrons. The Morgan fingerprint density at radius 2 is 2.00 bits per heavy atom. The average molecular weight is 276 g/mol. The molecule has 5 heteroatoms. The topological polar surface area (TPSA) is 54.1 Å². The van der Waals surface area contributed by atoms with Gasteiger partial charge in [0.15, 0.2) is 5.60 Å². The minimum atomic E-state index is -1.03. The van der Waals surface area contributed by atoms with Gasteiger partial charge in [0.2, 0.25) is 0 Å². The molecule has 0 spiro atoms. The van der Waals surface area contributed by atoms with Crippen molar-refractivity contribution in [1.29, 1.82) is 0 Å². The number of rotatable bonds is 5. The first-order chi connectivity index (χ1) is 9.47. The normalized spacial score (nSPS) is 11.2. The van der Waals surface area contributed by atoms with Crippen LogP contribution in [0.1, 0.15) is 19.4 Å². The van der Waals surface area contributed by atoms with Crippen molar-refractivity contribution in [3.8, 4) is 5.75 Å². The molecule has 1 heterocycles. The molecule has 2 aromatic rings. The molecule has 0 aliphatic rings. The number of ether oxygens (including phenoxy) is 1. The predicted molar refractivity (Wildman–Crippen MR) is 73.7 cm³/mol. The van der Waals surface area contributed by atoms with Gasteiger partial charge in [0.1, 0.15) is 11.6 Å². The fourth-order valence-corrected chi connectivity index (χ4v) is 1.71. The van der Waals surface area contributed by atoms with Crippen molar-refractivity contribution in [2.75, 3.05) is 0 Å². The number of amides is 1. The smallest absolute Gasteiger partial charge is 0.263 e. The highest BCUT2D eigenvalue weighted by Crippen LogP contribution is 2.19. The van der Waals surface area contributed by atoms with Crippen LogP contribution >= 0.6 is 0 Å². The van der Waals surface area contributed by atoms with Crippen molar-refractivity contribution in [3.63, 3.8) is 0 Å². The molecule has 1 aromatic carbocycles. The van der Waals surface area contributed by atoms with E-state index in [0.717, 1.165) is 5.56 Å². The van der Waals surface area contributed by atoms with Crippen LogP contribution in [-0.4, -0.2) is 16.5 Å². The molecular formula is C15H17FN2O2. The van der Waals surface area contributed by atoms with Crippen LogP contribution in [0.15, 0.2) is 42.7 Å². The van der Waals surface area contributed by atoms with Gasteiger partial charge in [0.25, 0.3) is 5.91 Å². The quantitative estimate of drug-likeness (QED) is 0.882. The molecule has 1 amide bonds. The zero-order valence-electron chi connectivity index (χ0n) is 11.4. The summed E-state index contributed by atoms with van der Waals surface area (Å²) in [5, 5.41) is 2.80. The number of hydrogen-bond donors (Lipinski definition) is 2. The number of benzene rings is 1. The highest BCUT2D eigenvalue weighted by Gasteiger charge is 2.29. The van der Waals surface area contributed by atoms with E-state index in [1.54, 1.807) is 20.0 Å². The van der Waals surface area contributed by atoms with E-state index in [2.05, 4.69) is 10.3 Å². The van der Waals surface area contributed by atoms with Gasteiger partial charge in [-0.1, -0.05) is 0 Å². The lowest BCUT2D eigenvalue weighted by atomic mass is 10.1. The van der Waals surface area contributed by atoms with Crippen LogP contribution < -0.4 is 10.1 Å². The van der Waals surface area contributed by atoms with Gasteiger partial charge in [0.05, 0.1) is 0 Å². The Morgan fingerprint density at radius 1 is 1.30 bits per heavy atom. The van der Waals surface area contributed by atoms with Gasteiger partial charge in [-0.3, -0.25) is 4.79 Å². The third-order valence-corrected chi connectivity index (χ3v) is 2.85. The summed E-state index contributed by atoms with van der Waals surface area (Å²) in [7, 11) is 0. The Kier molecular flexibility index (Phi) is 4.08. The van der Waals surface area contributed by atoms with Gasteiger partial charge in [-0.2, -0.15) is 0 Å². The summed E-state index contributed by atoms with van der Waals surface area (Å²) in [5.74, 6) is -0.122. The molecule has 4 nitrogen and oxygen atoms in total. The van der Waals surface area contributed by atoms with Crippen LogP contribution in [0.25, 0.3) is 0 Å². The van der Waals surface area contributed by atoms with Gasteiger partial charge in [-0.15, -0.1) is 0 Å². The number of carbonyl (C=O) groups excluding carboxylic acids is 1. The first-order valence-corrected chi connectivity index (χ1v) is 6.32. The third-order valence-electron chi connectivity index (χ3n) is 2.85. The fourth-order valence-electron chi connectivity index (χ4n) is 1.71. The highest BCUT2D eigenvalue weighted by molar-refractivity contribution is 5.84. The molecule has 0 aliphatic heterocycles. The van der Waals surface area contributed by atoms with E-state index in [0.29, 0.717) is 12.3 Å². The lowest BCUT2D eigenvalue weighted by Gasteiger charge is -2.25. The molecular weight excluding hydrogens is 259 g/mol. The summed E-state index contributed by atoms with van der Waals surface area (Å²) in [6.07, 6.45) is 3.61. The Balaban J connectivity index is 1.94. The first-order valence-electron chi connectivity index (χ1n) is 6.32. The van der Waals surface area contributed by atoms with Crippen molar-refractivity contribution < 1.29 is 13.9 Å². The third kappa shape index (κ3) is 3.60. The zero-order chi connectivity index (χ0) is 14.6. The van der Waals surface area contributed by atoms with Crippen LogP contribution in [0.2, 0.25) is 0 Å². The largest absolute Gasteiger partial charge is 0.478 e. The number of aromatic amines is 1. The van der Waals surface area contributed by atoms with Crippen molar-refractivity contribution in [1.82, 2.24) is 10.3 Å². The second-order valence-corrected chi connectivity index (χ2v) is 4.97.